The lowest BCUT2D eigenvalue weighted by atomic mass is 10.1. The van der Waals surface area contributed by atoms with Crippen LogP contribution in [0.25, 0.3) is 0 Å². The van der Waals surface area contributed by atoms with Gasteiger partial charge in [-0.15, -0.1) is 24.0 Å². The quantitative estimate of drug-likeness (QED) is 0.318. The van der Waals surface area contributed by atoms with Gasteiger partial charge in [0.2, 0.25) is 5.91 Å². The lowest BCUT2D eigenvalue weighted by molar-refractivity contribution is -0.135. The Morgan fingerprint density at radius 1 is 1.00 bits per heavy atom. The van der Waals surface area contributed by atoms with Crippen LogP contribution < -0.4 is 10.1 Å². The minimum Gasteiger partial charge on any atom is -0.491 e. The van der Waals surface area contributed by atoms with Crippen molar-refractivity contribution in [3.63, 3.8) is 0 Å². The molecule has 0 bridgehead atoms. The molecule has 0 spiro atoms. The number of piperazine rings is 1. The zero-order valence-electron chi connectivity index (χ0n) is 20.0. The second kappa shape index (κ2) is 13.2. The van der Waals surface area contributed by atoms with Crippen LogP contribution in [0.3, 0.4) is 0 Å². The molecule has 32 heavy (non-hydrogen) atoms. The van der Waals surface area contributed by atoms with Crippen LogP contribution in [0.15, 0.2) is 29.3 Å². The molecule has 0 aromatic heterocycles. The van der Waals surface area contributed by atoms with Crippen LogP contribution in [0.4, 0.5) is 0 Å². The molecule has 0 radical (unpaired) electrons. The molecule has 1 aromatic carbocycles. The number of nitrogens with one attached hydrogen (secondary N) is 1. The Bertz CT molecular complexity index is 726. The van der Waals surface area contributed by atoms with Crippen molar-refractivity contribution in [3.05, 3.63) is 29.8 Å². The molecule has 1 atom stereocenters. The molecule has 2 aliphatic rings. The minimum absolute atomic E-state index is 0. The summed E-state index contributed by atoms with van der Waals surface area (Å²) < 4.78 is 5.71. The summed E-state index contributed by atoms with van der Waals surface area (Å²) in [6, 6.07) is 8.29. The predicted octanol–water partition coefficient (Wildman–Crippen LogP) is 2.84. The molecule has 8 heteroatoms. The van der Waals surface area contributed by atoms with E-state index < -0.39 is 0 Å². The molecule has 1 unspecified atom stereocenters. The second-order valence-corrected chi connectivity index (χ2v) is 8.77. The molecular formula is C24H40IN5O2. The third-order valence-corrected chi connectivity index (χ3v) is 6.14. The van der Waals surface area contributed by atoms with E-state index in [4.69, 9.17) is 4.74 Å². The Morgan fingerprint density at radius 3 is 2.19 bits per heavy atom. The maximum Gasteiger partial charge on any atom is 0.239 e. The van der Waals surface area contributed by atoms with Gasteiger partial charge in [-0.25, -0.2) is 0 Å². The summed E-state index contributed by atoms with van der Waals surface area (Å²) in [6.45, 7) is 12.4. The molecule has 7 nitrogen and oxygen atoms in total. The van der Waals surface area contributed by atoms with E-state index in [1.165, 1.54) is 5.56 Å². The maximum atomic E-state index is 12.7. The van der Waals surface area contributed by atoms with Gasteiger partial charge >= 0.3 is 0 Å². The summed E-state index contributed by atoms with van der Waals surface area (Å²) in [6.07, 6.45) is 3.41. The zero-order chi connectivity index (χ0) is 22.2. The van der Waals surface area contributed by atoms with E-state index in [1.54, 1.807) is 0 Å². The first-order valence-electron chi connectivity index (χ1n) is 11.7. The van der Waals surface area contributed by atoms with Crippen LogP contribution in [-0.4, -0.2) is 91.6 Å². The number of amides is 1. The number of halogens is 1. The minimum atomic E-state index is -0.0297. The molecule has 2 aliphatic heterocycles. The number of carbonyl (C=O) groups is 1. The molecule has 0 aliphatic carbocycles. The van der Waals surface area contributed by atoms with Crippen molar-refractivity contribution in [2.45, 2.75) is 52.2 Å². The standard InChI is InChI=1S/C24H39N5O2.HI/c1-19(2)31-22-9-7-21(8-10-22)11-12-26-24(25-4)29-17-15-27(16-18-29)20(3)23(30)28-13-5-6-14-28;/h7-10,19-20H,5-6,11-18H2,1-4H3,(H,25,26);1H. The first kappa shape index (κ1) is 26.7. The topological polar surface area (TPSA) is 60.4 Å². The Morgan fingerprint density at radius 2 is 1.62 bits per heavy atom. The number of aliphatic imine (C=N–C) groups is 1. The summed E-state index contributed by atoms with van der Waals surface area (Å²) in [4.78, 5) is 23.8. The summed E-state index contributed by atoms with van der Waals surface area (Å²) in [7, 11) is 1.84. The van der Waals surface area contributed by atoms with E-state index >= 15 is 0 Å². The van der Waals surface area contributed by atoms with E-state index in [0.29, 0.717) is 5.91 Å². The van der Waals surface area contributed by atoms with Crippen molar-refractivity contribution in [2.75, 3.05) is 52.9 Å². The summed E-state index contributed by atoms with van der Waals surface area (Å²) >= 11 is 0. The molecule has 2 fully saturated rings. The van der Waals surface area contributed by atoms with Gasteiger partial charge in [-0.3, -0.25) is 14.7 Å². The lowest BCUT2D eigenvalue weighted by Crippen LogP contribution is -2.57. The van der Waals surface area contributed by atoms with Crippen LogP contribution in [-0.2, 0) is 11.2 Å². The molecule has 3 rings (SSSR count). The Labute approximate surface area is 210 Å². The largest absolute Gasteiger partial charge is 0.491 e. The van der Waals surface area contributed by atoms with Gasteiger partial charge in [-0.2, -0.15) is 0 Å². The maximum absolute atomic E-state index is 12.7. The highest BCUT2D eigenvalue weighted by Crippen LogP contribution is 2.15. The number of carbonyl (C=O) groups excluding carboxylic acids is 1. The average Bonchev–Trinajstić information content (AvgIpc) is 3.32. The molecule has 2 saturated heterocycles. The van der Waals surface area contributed by atoms with Gasteiger partial charge in [0.1, 0.15) is 5.75 Å². The summed E-state index contributed by atoms with van der Waals surface area (Å²) in [5.74, 6) is 2.15. The van der Waals surface area contributed by atoms with Crippen LogP contribution in [0.2, 0.25) is 0 Å². The number of hydrogen-bond donors (Lipinski definition) is 1. The zero-order valence-corrected chi connectivity index (χ0v) is 22.4. The number of nitrogens with zero attached hydrogens (tertiary/aromatic N) is 4. The van der Waals surface area contributed by atoms with Crippen molar-refractivity contribution in [2.24, 2.45) is 4.99 Å². The molecule has 1 aromatic rings. The summed E-state index contributed by atoms with van der Waals surface area (Å²) in [5, 5.41) is 3.50. The van der Waals surface area contributed by atoms with Gasteiger partial charge in [0.05, 0.1) is 12.1 Å². The number of benzene rings is 1. The van der Waals surface area contributed by atoms with Crippen molar-refractivity contribution in [1.29, 1.82) is 0 Å². The summed E-state index contributed by atoms with van der Waals surface area (Å²) in [5.41, 5.74) is 1.28. The Hall–Kier alpha value is -1.55. The van der Waals surface area contributed by atoms with E-state index in [1.807, 2.05) is 37.9 Å². The smallest absolute Gasteiger partial charge is 0.239 e. The van der Waals surface area contributed by atoms with Crippen LogP contribution in [0, 0.1) is 0 Å². The van der Waals surface area contributed by atoms with Crippen LogP contribution in [0.5, 0.6) is 5.75 Å². The highest BCUT2D eigenvalue weighted by atomic mass is 127. The first-order chi connectivity index (χ1) is 15.0. The van der Waals surface area contributed by atoms with Crippen molar-refractivity contribution in [1.82, 2.24) is 20.0 Å². The highest BCUT2D eigenvalue weighted by Gasteiger charge is 2.30. The normalized spacial score (nSPS) is 18.5. The van der Waals surface area contributed by atoms with Gasteiger partial charge in [-0.05, 0) is 57.7 Å². The van der Waals surface area contributed by atoms with Gasteiger partial charge < -0.3 is 19.9 Å². The van der Waals surface area contributed by atoms with Crippen LogP contribution in [0.1, 0.15) is 39.2 Å². The average molecular weight is 558 g/mol. The van der Waals surface area contributed by atoms with E-state index in [2.05, 4.69) is 39.2 Å². The molecule has 0 saturated carbocycles. The SMILES string of the molecule is CN=C(NCCc1ccc(OC(C)C)cc1)N1CCN(C(C)C(=O)N2CCCC2)CC1.I. The van der Waals surface area contributed by atoms with Crippen LogP contribution >= 0.6 is 24.0 Å². The monoisotopic (exact) mass is 557 g/mol. The van der Waals surface area contributed by atoms with Gasteiger partial charge in [0, 0.05) is 52.9 Å². The Balaban J connectivity index is 0.00000363. The molecule has 180 valence electrons. The van der Waals surface area contributed by atoms with Crippen molar-refractivity contribution >= 4 is 35.8 Å². The lowest BCUT2D eigenvalue weighted by Gasteiger charge is -2.39. The van der Waals surface area contributed by atoms with Crippen molar-refractivity contribution in [3.8, 4) is 5.75 Å². The van der Waals surface area contributed by atoms with E-state index in [0.717, 1.165) is 76.8 Å². The number of hydrogen-bond acceptors (Lipinski definition) is 4. The van der Waals surface area contributed by atoms with Gasteiger partial charge in [-0.1, -0.05) is 12.1 Å². The fraction of sp³-hybridized carbons (Fsp3) is 0.667. The molecule has 1 N–H and O–H groups in total. The molecular weight excluding hydrogens is 517 g/mol. The van der Waals surface area contributed by atoms with Gasteiger partial charge in [0.25, 0.3) is 0 Å². The number of ether oxygens (including phenoxy) is 1. The number of guanidine groups is 1. The van der Waals surface area contributed by atoms with E-state index in [9.17, 15) is 4.79 Å². The first-order valence-corrected chi connectivity index (χ1v) is 11.7. The highest BCUT2D eigenvalue weighted by molar-refractivity contribution is 14.0. The fourth-order valence-corrected chi connectivity index (χ4v) is 4.34. The number of likely N-dealkylation sites (tertiary alicyclic amines) is 1. The number of rotatable bonds is 7. The van der Waals surface area contributed by atoms with Crippen molar-refractivity contribution < 1.29 is 9.53 Å². The Kier molecular flexibility index (Phi) is 11.0. The third kappa shape index (κ3) is 7.50. The predicted molar refractivity (Wildman–Crippen MR) is 141 cm³/mol. The fourth-order valence-electron chi connectivity index (χ4n) is 4.34. The molecule has 2 heterocycles. The van der Waals surface area contributed by atoms with Gasteiger partial charge in [0.15, 0.2) is 5.96 Å². The third-order valence-electron chi connectivity index (χ3n) is 6.14. The second-order valence-electron chi connectivity index (χ2n) is 8.77. The molecule has 1 amide bonds. The van der Waals surface area contributed by atoms with E-state index in [-0.39, 0.29) is 36.1 Å².